The fraction of sp³-hybridized carbons (Fsp3) is 0.300. The van der Waals surface area contributed by atoms with E-state index in [1.165, 1.54) is 0 Å². The van der Waals surface area contributed by atoms with E-state index in [0.717, 1.165) is 12.2 Å². The number of carbonyl (C=O) groups is 2. The molecule has 1 atom stereocenters. The smallest absolute Gasteiger partial charge is 0.255 e. The largest absolute Gasteiger partial charge is 0.491 e. The lowest BCUT2D eigenvalue weighted by atomic mass is 10.1. The number of anilines is 1. The van der Waals surface area contributed by atoms with E-state index in [0.29, 0.717) is 29.9 Å². The van der Waals surface area contributed by atoms with Crippen molar-refractivity contribution in [3.63, 3.8) is 0 Å². The van der Waals surface area contributed by atoms with Crippen molar-refractivity contribution in [2.75, 3.05) is 18.4 Å². The number of rotatable bonds is 8. The van der Waals surface area contributed by atoms with Gasteiger partial charge in [-0.25, -0.2) is 0 Å². The van der Waals surface area contributed by atoms with E-state index in [9.17, 15) is 9.59 Å². The maximum atomic E-state index is 12.5. The second-order valence-electron chi connectivity index (χ2n) is 5.91. The van der Waals surface area contributed by atoms with E-state index in [1.54, 1.807) is 48.5 Å². The van der Waals surface area contributed by atoms with Crippen molar-refractivity contribution in [2.45, 2.75) is 26.4 Å². The monoisotopic (exact) mass is 391 g/mol. The third-order valence-corrected chi connectivity index (χ3v) is 3.88. The lowest BCUT2D eigenvalue weighted by molar-refractivity contribution is 0.0955. The lowest BCUT2D eigenvalue weighted by Crippen LogP contribution is -2.30. The Kier molecular flexibility index (Phi) is 9.33. The summed E-state index contributed by atoms with van der Waals surface area (Å²) in [7, 11) is 0. The lowest BCUT2D eigenvalue weighted by Gasteiger charge is -2.13. The molecule has 6 nitrogen and oxygen atoms in total. The average Bonchev–Trinajstić information content (AvgIpc) is 2.66. The van der Waals surface area contributed by atoms with Crippen LogP contribution >= 0.6 is 12.4 Å². The zero-order valence-electron chi connectivity index (χ0n) is 15.5. The minimum Gasteiger partial charge on any atom is -0.491 e. The Morgan fingerprint density at radius 3 is 2.37 bits per heavy atom. The summed E-state index contributed by atoms with van der Waals surface area (Å²) >= 11 is 0. The Labute approximate surface area is 165 Å². The molecular formula is C20H26ClN3O3. The van der Waals surface area contributed by atoms with Crippen LogP contribution in [0.3, 0.4) is 0 Å². The first-order valence-corrected chi connectivity index (χ1v) is 8.70. The molecule has 0 aliphatic heterocycles. The maximum Gasteiger partial charge on any atom is 0.255 e. The first kappa shape index (κ1) is 22.5. The molecule has 0 aliphatic rings. The van der Waals surface area contributed by atoms with Crippen molar-refractivity contribution in [1.82, 2.24) is 5.32 Å². The number of hydrogen-bond donors (Lipinski definition) is 3. The van der Waals surface area contributed by atoms with E-state index in [4.69, 9.17) is 10.5 Å². The molecule has 4 N–H and O–H groups in total. The fourth-order valence-electron chi connectivity index (χ4n) is 2.27. The Bertz CT molecular complexity index is 750. The van der Waals surface area contributed by atoms with E-state index < -0.39 is 0 Å². The highest BCUT2D eigenvalue weighted by Crippen LogP contribution is 2.18. The first-order chi connectivity index (χ1) is 12.5. The van der Waals surface area contributed by atoms with Crippen molar-refractivity contribution in [1.29, 1.82) is 0 Å². The number of nitrogens with two attached hydrogens (primary N) is 1. The van der Waals surface area contributed by atoms with Gasteiger partial charge in [0.1, 0.15) is 5.75 Å². The Hall–Kier alpha value is -2.57. The second kappa shape index (κ2) is 11.2. The van der Waals surface area contributed by atoms with Crippen LogP contribution in [0.5, 0.6) is 5.75 Å². The molecule has 0 saturated heterocycles. The van der Waals surface area contributed by atoms with Gasteiger partial charge in [-0.15, -0.1) is 12.4 Å². The number of para-hydroxylation sites is 1. The Balaban J connectivity index is 0.00000364. The van der Waals surface area contributed by atoms with Gasteiger partial charge in [0.05, 0.1) is 17.4 Å². The number of hydrogen-bond acceptors (Lipinski definition) is 4. The summed E-state index contributed by atoms with van der Waals surface area (Å²) in [6, 6.07) is 13.8. The molecule has 0 radical (unpaired) electrons. The van der Waals surface area contributed by atoms with E-state index in [-0.39, 0.29) is 30.3 Å². The van der Waals surface area contributed by atoms with Crippen LogP contribution in [0.1, 0.15) is 41.0 Å². The van der Waals surface area contributed by atoms with Crippen LogP contribution < -0.4 is 21.1 Å². The van der Waals surface area contributed by atoms with Crippen molar-refractivity contribution in [2.24, 2.45) is 5.73 Å². The fourth-order valence-corrected chi connectivity index (χ4v) is 2.27. The summed E-state index contributed by atoms with van der Waals surface area (Å²) in [5.41, 5.74) is 6.74. The first-order valence-electron chi connectivity index (χ1n) is 8.70. The van der Waals surface area contributed by atoms with E-state index in [2.05, 4.69) is 10.6 Å². The van der Waals surface area contributed by atoms with Crippen LogP contribution in [-0.2, 0) is 0 Å². The minimum atomic E-state index is -0.292. The summed E-state index contributed by atoms with van der Waals surface area (Å²) in [6.45, 7) is 4.77. The molecule has 0 aliphatic carbocycles. The molecule has 2 amide bonds. The van der Waals surface area contributed by atoms with Crippen LogP contribution in [-0.4, -0.2) is 31.0 Å². The SMILES string of the molecule is CCC(C)Oc1ccc(C(=O)Nc2ccccc2C(=O)NCCN)cc1.Cl. The zero-order chi connectivity index (χ0) is 18.9. The van der Waals surface area contributed by atoms with Gasteiger partial charge in [-0.2, -0.15) is 0 Å². The summed E-state index contributed by atoms with van der Waals surface area (Å²) in [4.78, 5) is 24.7. The van der Waals surface area contributed by atoms with Gasteiger partial charge in [-0.1, -0.05) is 19.1 Å². The normalized spacial score (nSPS) is 11.1. The highest BCUT2D eigenvalue weighted by molar-refractivity contribution is 6.09. The third kappa shape index (κ3) is 6.58. The van der Waals surface area contributed by atoms with Crippen LogP contribution in [0.15, 0.2) is 48.5 Å². The molecule has 27 heavy (non-hydrogen) atoms. The van der Waals surface area contributed by atoms with E-state index >= 15 is 0 Å². The predicted octanol–water partition coefficient (Wildman–Crippen LogP) is 3.23. The minimum absolute atomic E-state index is 0. The molecule has 7 heteroatoms. The standard InChI is InChI=1S/C20H25N3O3.ClH/c1-3-14(2)26-16-10-8-15(9-11-16)19(24)23-18-7-5-4-6-17(18)20(25)22-13-12-21;/h4-11,14H,3,12-13,21H2,1-2H3,(H,22,25)(H,23,24);1H. The predicted molar refractivity (Wildman–Crippen MR) is 110 cm³/mol. The van der Waals surface area contributed by atoms with Gasteiger partial charge < -0.3 is 21.1 Å². The van der Waals surface area contributed by atoms with Crippen LogP contribution in [0.4, 0.5) is 5.69 Å². The third-order valence-electron chi connectivity index (χ3n) is 3.88. The molecule has 0 bridgehead atoms. The van der Waals surface area contributed by atoms with Crippen molar-refractivity contribution in [3.05, 3.63) is 59.7 Å². The van der Waals surface area contributed by atoms with Crippen molar-refractivity contribution < 1.29 is 14.3 Å². The van der Waals surface area contributed by atoms with Crippen molar-refractivity contribution in [3.8, 4) is 5.75 Å². The van der Waals surface area contributed by atoms with Gasteiger partial charge in [0, 0.05) is 18.7 Å². The van der Waals surface area contributed by atoms with Crippen molar-refractivity contribution >= 4 is 29.9 Å². The van der Waals surface area contributed by atoms with Gasteiger partial charge in [0.15, 0.2) is 0 Å². The quantitative estimate of drug-likeness (QED) is 0.644. The van der Waals surface area contributed by atoms with Crippen LogP contribution in [0.25, 0.3) is 0 Å². The summed E-state index contributed by atoms with van der Waals surface area (Å²) in [5, 5.41) is 5.49. The summed E-state index contributed by atoms with van der Waals surface area (Å²) in [5.74, 6) is 0.153. The molecular weight excluding hydrogens is 366 g/mol. The number of carbonyl (C=O) groups excluding carboxylic acids is 2. The van der Waals surface area contributed by atoms with Crippen LogP contribution in [0.2, 0.25) is 0 Å². The molecule has 0 spiro atoms. The summed E-state index contributed by atoms with van der Waals surface area (Å²) < 4.78 is 5.71. The topological polar surface area (TPSA) is 93.4 Å². The molecule has 2 rings (SSSR count). The number of benzene rings is 2. The molecule has 0 fully saturated rings. The van der Waals surface area contributed by atoms with Gasteiger partial charge in [0.2, 0.25) is 0 Å². The van der Waals surface area contributed by atoms with Gasteiger partial charge >= 0.3 is 0 Å². The second-order valence-corrected chi connectivity index (χ2v) is 5.91. The average molecular weight is 392 g/mol. The number of nitrogens with one attached hydrogen (secondary N) is 2. The molecule has 2 aromatic rings. The maximum absolute atomic E-state index is 12.5. The van der Waals surface area contributed by atoms with Gasteiger partial charge in [-0.05, 0) is 49.7 Å². The summed E-state index contributed by atoms with van der Waals surface area (Å²) in [6.07, 6.45) is 1.03. The molecule has 1 unspecified atom stereocenters. The number of halogens is 1. The molecule has 146 valence electrons. The Morgan fingerprint density at radius 2 is 1.74 bits per heavy atom. The molecule has 0 saturated carbocycles. The van der Waals surface area contributed by atoms with E-state index in [1.807, 2.05) is 13.8 Å². The van der Waals surface area contributed by atoms with Crippen LogP contribution in [0, 0.1) is 0 Å². The molecule has 2 aromatic carbocycles. The molecule has 0 heterocycles. The Morgan fingerprint density at radius 1 is 1.07 bits per heavy atom. The highest BCUT2D eigenvalue weighted by Gasteiger charge is 2.14. The zero-order valence-corrected chi connectivity index (χ0v) is 16.3. The number of ether oxygens (including phenoxy) is 1. The molecule has 0 aromatic heterocycles. The highest BCUT2D eigenvalue weighted by atomic mass is 35.5. The van der Waals surface area contributed by atoms with Gasteiger partial charge in [-0.3, -0.25) is 9.59 Å². The number of amides is 2. The van der Waals surface area contributed by atoms with Gasteiger partial charge in [0.25, 0.3) is 11.8 Å².